The number of rotatable bonds is 4. The van der Waals surface area contributed by atoms with Crippen LogP contribution in [0, 0.1) is 0 Å². The number of amides is 1. The van der Waals surface area contributed by atoms with Gasteiger partial charge >= 0.3 is 5.97 Å². The monoisotopic (exact) mass is 376 g/mol. The molecule has 0 unspecified atom stereocenters. The van der Waals surface area contributed by atoms with Gasteiger partial charge in [0.1, 0.15) is 5.69 Å². The van der Waals surface area contributed by atoms with E-state index < -0.39 is 5.97 Å². The van der Waals surface area contributed by atoms with E-state index in [-0.39, 0.29) is 17.4 Å². The first-order valence-corrected chi connectivity index (χ1v) is 9.20. The van der Waals surface area contributed by atoms with Crippen molar-refractivity contribution in [2.45, 2.75) is 18.8 Å². The molecule has 0 radical (unpaired) electrons. The minimum Gasteiger partial charge on any atom is -0.478 e. The Morgan fingerprint density at radius 3 is 2.75 bits per heavy atom. The molecular weight excluding hydrogens is 356 g/mol. The molecule has 0 saturated carbocycles. The van der Waals surface area contributed by atoms with E-state index in [0.717, 1.165) is 24.0 Å². The smallest absolute Gasteiger partial charge is 0.335 e. The molecule has 2 aromatic heterocycles. The third-order valence-electron chi connectivity index (χ3n) is 5.10. The lowest BCUT2D eigenvalue weighted by Crippen LogP contribution is -2.39. The first-order chi connectivity index (χ1) is 13.6. The number of carbonyl (C=O) groups is 2. The summed E-state index contributed by atoms with van der Waals surface area (Å²) in [6.45, 7) is 1.24. The van der Waals surface area contributed by atoms with Crippen LogP contribution < -0.4 is 0 Å². The van der Waals surface area contributed by atoms with Gasteiger partial charge in [0.15, 0.2) is 0 Å². The maximum atomic E-state index is 12.9. The molecule has 1 aromatic carbocycles. The lowest BCUT2D eigenvalue weighted by atomic mass is 9.89. The number of carbonyl (C=O) groups excluding carboxylic acids is 1. The van der Waals surface area contributed by atoms with Crippen LogP contribution in [-0.4, -0.2) is 50.2 Å². The number of nitrogens with zero attached hydrogens (tertiary/aromatic N) is 3. The average molecular weight is 376 g/mol. The highest BCUT2D eigenvalue weighted by atomic mass is 16.4. The summed E-state index contributed by atoms with van der Waals surface area (Å²) in [5.74, 6) is -0.904. The Morgan fingerprint density at radius 2 is 1.96 bits per heavy atom. The van der Waals surface area contributed by atoms with Gasteiger partial charge in [-0.05, 0) is 48.7 Å². The Hall–Kier alpha value is -3.48. The highest BCUT2D eigenvalue weighted by Crippen LogP contribution is 2.28. The topological polar surface area (TPSA) is 99.2 Å². The quantitative estimate of drug-likeness (QED) is 0.728. The van der Waals surface area contributed by atoms with E-state index in [0.29, 0.717) is 24.5 Å². The van der Waals surface area contributed by atoms with E-state index in [4.69, 9.17) is 0 Å². The fourth-order valence-electron chi connectivity index (χ4n) is 3.63. The van der Waals surface area contributed by atoms with Gasteiger partial charge in [0.25, 0.3) is 5.91 Å². The Bertz CT molecular complexity index is 1000. The number of carboxylic acids is 1. The van der Waals surface area contributed by atoms with Crippen LogP contribution in [0.5, 0.6) is 0 Å². The molecule has 1 amide bonds. The van der Waals surface area contributed by atoms with Gasteiger partial charge in [0.2, 0.25) is 0 Å². The van der Waals surface area contributed by atoms with Crippen LogP contribution in [0.2, 0.25) is 0 Å². The zero-order valence-electron chi connectivity index (χ0n) is 15.2. The fraction of sp³-hybridized carbons (Fsp3) is 0.238. The van der Waals surface area contributed by atoms with Crippen molar-refractivity contribution in [1.29, 1.82) is 0 Å². The highest BCUT2D eigenvalue weighted by Gasteiger charge is 2.27. The Morgan fingerprint density at radius 1 is 1.14 bits per heavy atom. The molecule has 0 spiro atoms. The summed E-state index contributed by atoms with van der Waals surface area (Å²) in [6, 6.07) is 12.4. The molecular formula is C21H20N4O3. The Kier molecular flexibility index (Phi) is 4.89. The van der Waals surface area contributed by atoms with Gasteiger partial charge < -0.3 is 10.0 Å². The van der Waals surface area contributed by atoms with Gasteiger partial charge in [0, 0.05) is 37.0 Å². The lowest BCUT2D eigenvalue weighted by Gasteiger charge is -2.32. The number of piperidine rings is 1. The van der Waals surface area contributed by atoms with Gasteiger partial charge in [-0.1, -0.05) is 12.1 Å². The summed E-state index contributed by atoms with van der Waals surface area (Å²) in [6.07, 6.45) is 5.18. The number of pyridine rings is 1. The summed E-state index contributed by atoms with van der Waals surface area (Å²) in [4.78, 5) is 30.0. The lowest BCUT2D eigenvalue weighted by molar-refractivity contribution is 0.0685. The largest absolute Gasteiger partial charge is 0.478 e. The van der Waals surface area contributed by atoms with Crippen molar-refractivity contribution in [3.8, 4) is 11.3 Å². The van der Waals surface area contributed by atoms with E-state index >= 15 is 0 Å². The summed E-state index contributed by atoms with van der Waals surface area (Å²) < 4.78 is 0. The second-order valence-corrected chi connectivity index (χ2v) is 6.92. The molecule has 142 valence electrons. The van der Waals surface area contributed by atoms with Crippen molar-refractivity contribution in [2.24, 2.45) is 0 Å². The number of likely N-dealkylation sites (tertiary alicyclic amines) is 1. The van der Waals surface area contributed by atoms with Crippen LogP contribution in [-0.2, 0) is 0 Å². The number of hydrogen-bond acceptors (Lipinski definition) is 4. The maximum Gasteiger partial charge on any atom is 0.335 e. The number of aromatic amines is 1. The minimum atomic E-state index is -0.938. The minimum absolute atomic E-state index is 0.0908. The Labute approximate surface area is 162 Å². The fourth-order valence-corrected chi connectivity index (χ4v) is 3.63. The van der Waals surface area contributed by atoms with E-state index in [1.807, 2.05) is 23.1 Å². The van der Waals surface area contributed by atoms with Gasteiger partial charge in [0.05, 0.1) is 11.3 Å². The summed E-state index contributed by atoms with van der Waals surface area (Å²) in [5.41, 5.74) is 3.28. The third kappa shape index (κ3) is 3.64. The molecule has 0 aliphatic carbocycles. The number of H-pyrrole nitrogens is 1. The number of carboxylic acid groups (broad SMARTS) is 1. The van der Waals surface area contributed by atoms with Crippen LogP contribution in [0.25, 0.3) is 11.3 Å². The number of benzene rings is 1. The Balaban J connectivity index is 1.50. The predicted molar refractivity (Wildman–Crippen MR) is 103 cm³/mol. The summed E-state index contributed by atoms with van der Waals surface area (Å²) in [7, 11) is 0. The zero-order chi connectivity index (χ0) is 19.5. The first-order valence-electron chi connectivity index (χ1n) is 9.20. The van der Waals surface area contributed by atoms with E-state index in [9.17, 15) is 14.7 Å². The molecule has 3 aromatic rings. The molecule has 1 aliphatic rings. The first kappa shape index (κ1) is 17.9. The van der Waals surface area contributed by atoms with Crippen LogP contribution in [0.3, 0.4) is 0 Å². The van der Waals surface area contributed by atoms with Crippen molar-refractivity contribution in [2.75, 3.05) is 13.1 Å². The molecule has 2 N–H and O–H groups in total. The van der Waals surface area contributed by atoms with E-state index in [1.54, 1.807) is 36.7 Å². The highest BCUT2D eigenvalue weighted by molar-refractivity contribution is 5.93. The van der Waals surface area contributed by atoms with Gasteiger partial charge in [-0.25, -0.2) is 4.79 Å². The van der Waals surface area contributed by atoms with Crippen LogP contribution in [0.15, 0.2) is 54.9 Å². The number of nitrogens with one attached hydrogen (secondary N) is 1. The van der Waals surface area contributed by atoms with Crippen molar-refractivity contribution in [1.82, 2.24) is 20.1 Å². The van der Waals surface area contributed by atoms with E-state index in [1.165, 1.54) is 0 Å². The molecule has 0 bridgehead atoms. The molecule has 4 rings (SSSR count). The standard InChI is InChI=1S/C21H20N4O3/c26-20(19-12-18(23-24-19)14-6-8-22-9-7-14)25-10-2-5-17(13-25)15-3-1-4-16(11-15)21(27)28/h1,3-4,6-9,11-12,17H,2,5,10,13H2,(H,23,24)(H,27,28)/t17-/m1/s1. The second kappa shape index (κ2) is 7.64. The van der Waals surface area contributed by atoms with Crippen molar-refractivity contribution < 1.29 is 14.7 Å². The SMILES string of the molecule is O=C(O)c1cccc([C@@H]2CCCN(C(=O)c3cc(-c4ccncc4)n[nH]3)C2)c1. The normalized spacial score (nSPS) is 16.7. The molecule has 1 saturated heterocycles. The molecule has 28 heavy (non-hydrogen) atoms. The van der Waals surface area contributed by atoms with Crippen LogP contribution in [0.1, 0.15) is 45.2 Å². The number of aromatic carboxylic acids is 1. The van der Waals surface area contributed by atoms with Crippen LogP contribution >= 0.6 is 0 Å². The predicted octanol–water partition coefficient (Wildman–Crippen LogP) is 3.19. The zero-order valence-corrected chi connectivity index (χ0v) is 15.2. The molecule has 1 fully saturated rings. The molecule has 7 nitrogen and oxygen atoms in total. The van der Waals surface area contributed by atoms with E-state index in [2.05, 4.69) is 15.2 Å². The van der Waals surface area contributed by atoms with Gasteiger partial charge in [-0.15, -0.1) is 0 Å². The number of hydrogen-bond donors (Lipinski definition) is 2. The molecule has 1 atom stereocenters. The summed E-state index contributed by atoms with van der Waals surface area (Å²) >= 11 is 0. The van der Waals surface area contributed by atoms with Crippen molar-refractivity contribution >= 4 is 11.9 Å². The molecule has 1 aliphatic heterocycles. The van der Waals surface area contributed by atoms with Crippen molar-refractivity contribution in [3.63, 3.8) is 0 Å². The van der Waals surface area contributed by atoms with Crippen LogP contribution in [0.4, 0.5) is 0 Å². The van der Waals surface area contributed by atoms with Gasteiger partial charge in [-0.3, -0.25) is 14.9 Å². The molecule has 7 heteroatoms. The van der Waals surface area contributed by atoms with Crippen molar-refractivity contribution in [3.05, 3.63) is 71.7 Å². The number of aromatic nitrogens is 3. The molecule has 3 heterocycles. The third-order valence-corrected chi connectivity index (χ3v) is 5.10. The second-order valence-electron chi connectivity index (χ2n) is 6.92. The average Bonchev–Trinajstić information content (AvgIpc) is 3.24. The van der Waals surface area contributed by atoms with Gasteiger partial charge in [-0.2, -0.15) is 5.10 Å². The summed E-state index contributed by atoms with van der Waals surface area (Å²) in [5, 5.41) is 16.3. The maximum absolute atomic E-state index is 12.9.